The quantitative estimate of drug-likeness (QED) is 0.799. The van der Waals surface area contributed by atoms with E-state index in [-0.39, 0.29) is 11.1 Å². The van der Waals surface area contributed by atoms with Crippen LogP contribution in [0.3, 0.4) is 0 Å². The summed E-state index contributed by atoms with van der Waals surface area (Å²) in [6.07, 6.45) is 1.58. The molecular weight excluding hydrogens is 272 g/mol. The molecule has 0 aliphatic heterocycles. The summed E-state index contributed by atoms with van der Waals surface area (Å²) >= 11 is 6.02. The van der Waals surface area contributed by atoms with Gasteiger partial charge in [-0.3, -0.25) is 4.79 Å². The topological polar surface area (TPSA) is 33.2 Å². The number of carbonyl (C=O) groups is 1. The Morgan fingerprint density at radius 3 is 2.70 bits per heavy atom. The molecule has 0 N–H and O–H groups in total. The van der Waals surface area contributed by atoms with Gasteiger partial charge in [0.05, 0.1) is 5.56 Å². The van der Waals surface area contributed by atoms with Crippen molar-refractivity contribution in [3.63, 3.8) is 0 Å². The maximum atomic E-state index is 12.7. The molecule has 0 aliphatic carbocycles. The maximum Gasteiger partial charge on any atom is 0.261 e. The zero-order valence-electron chi connectivity index (χ0n) is 11.9. The number of aromatic nitrogens is 1. The van der Waals surface area contributed by atoms with Crippen molar-refractivity contribution in [1.29, 1.82) is 0 Å². The van der Waals surface area contributed by atoms with Crippen molar-refractivity contribution in [3.05, 3.63) is 58.4 Å². The van der Waals surface area contributed by atoms with Crippen LogP contribution in [0.15, 0.2) is 36.5 Å². The summed E-state index contributed by atoms with van der Waals surface area (Å²) in [5.74, 6) is -0.126. The monoisotopic (exact) mass is 288 g/mol. The second-order valence-corrected chi connectivity index (χ2v) is 5.04. The average molecular weight is 289 g/mol. The molecule has 3 nitrogen and oxygen atoms in total. The zero-order valence-corrected chi connectivity index (χ0v) is 12.6. The molecule has 0 atom stereocenters. The van der Waals surface area contributed by atoms with Gasteiger partial charge < -0.3 is 4.90 Å². The van der Waals surface area contributed by atoms with Gasteiger partial charge in [0.2, 0.25) is 0 Å². The van der Waals surface area contributed by atoms with Gasteiger partial charge in [-0.25, -0.2) is 4.98 Å². The molecule has 1 heterocycles. The van der Waals surface area contributed by atoms with E-state index >= 15 is 0 Å². The first-order valence-corrected chi connectivity index (χ1v) is 6.92. The molecule has 1 amide bonds. The predicted molar refractivity (Wildman–Crippen MR) is 82.5 cm³/mol. The molecule has 4 heteroatoms. The van der Waals surface area contributed by atoms with E-state index in [9.17, 15) is 4.79 Å². The van der Waals surface area contributed by atoms with Gasteiger partial charge in [0.1, 0.15) is 5.15 Å². The summed E-state index contributed by atoms with van der Waals surface area (Å²) < 4.78 is 0. The molecule has 104 valence electrons. The molecular formula is C16H17ClN2O. The van der Waals surface area contributed by atoms with Crippen LogP contribution in [0.1, 0.15) is 28.4 Å². The Morgan fingerprint density at radius 1 is 1.30 bits per heavy atom. The highest BCUT2D eigenvalue weighted by Gasteiger charge is 2.20. The Morgan fingerprint density at radius 2 is 2.05 bits per heavy atom. The molecule has 2 aromatic rings. The Kier molecular flexibility index (Phi) is 4.40. The van der Waals surface area contributed by atoms with E-state index in [2.05, 4.69) is 4.98 Å². The van der Waals surface area contributed by atoms with Crippen LogP contribution >= 0.6 is 11.6 Å². The number of benzene rings is 1. The Labute approximate surface area is 124 Å². The lowest BCUT2D eigenvalue weighted by Crippen LogP contribution is -2.31. The molecule has 1 aromatic heterocycles. The minimum Gasteiger partial charge on any atom is -0.308 e. The highest BCUT2D eigenvalue weighted by atomic mass is 35.5. The average Bonchev–Trinajstić information content (AvgIpc) is 2.44. The van der Waals surface area contributed by atoms with E-state index in [1.54, 1.807) is 23.2 Å². The predicted octanol–water partition coefficient (Wildman–Crippen LogP) is 4.02. The van der Waals surface area contributed by atoms with E-state index in [1.807, 2.05) is 39.0 Å². The van der Waals surface area contributed by atoms with E-state index < -0.39 is 0 Å². The largest absolute Gasteiger partial charge is 0.308 e. The van der Waals surface area contributed by atoms with E-state index in [4.69, 9.17) is 11.6 Å². The number of hydrogen-bond acceptors (Lipinski definition) is 2. The lowest BCUT2D eigenvalue weighted by molar-refractivity contribution is 0.0988. The van der Waals surface area contributed by atoms with Crippen molar-refractivity contribution in [2.75, 3.05) is 11.4 Å². The van der Waals surface area contributed by atoms with Crippen molar-refractivity contribution in [2.24, 2.45) is 0 Å². The molecule has 0 saturated carbocycles. The van der Waals surface area contributed by atoms with Crippen molar-refractivity contribution >= 4 is 23.2 Å². The Bertz CT molecular complexity index is 640. The summed E-state index contributed by atoms with van der Waals surface area (Å²) in [7, 11) is 0. The summed E-state index contributed by atoms with van der Waals surface area (Å²) in [5, 5.41) is 0.237. The third-order valence-electron chi connectivity index (χ3n) is 3.21. The number of halogens is 1. The number of rotatable bonds is 3. The summed E-state index contributed by atoms with van der Waals surface area (Å²) in [5.41, 5.74) is 3.52. The van der Waals surface area contributed by atoms with E-state index in [0.717, 1.165) is 16.8 Å². The molecule has 0 radical (unpaired) electrons. The van der Waals surface area contributed by atoms with Gasteiger partial charge in [0.25, 0.3) is 5.91 Å². The number of aryl methyl sites for hydroxylation is 2. The molecule has 1 aromatic carbocycles. The molecule has 0 fully saturated rings. The minimum atomic E-state index is -0.126. The highest BCUT2D eigenvalue weighted by Crippen LogP contribution is 2.24. The normalized spacial score (nSPS) is 10.4. The van der Waals surface area contributed by atoms with Crippen molar-refractivity contribution in [3.8, 4) is 0 Å². The number of amides is 1. The smallest absolute Gasteiger partial charge is 0.261 e. The minimum absolute atomic E-state index is 0.126. The highest BCUT2D eigenvalue weighted by molar-refractivity contribution is 6.33. The van der Waals surface area contributed by atoms with Crippen molar-refractivity contribution in [1.82, 2.24) is 4.98 Å². The summed E-state index contributed by atoms with van der Waals surface area (Å²) in [6.45, 7) is 6.53. The molecule has 0 bridgehead atoms. The maximum absolute atomic E-state index is 12.7. The van der Waals surface area contributed by atoms with Crippen LogP contribution in [0.4, 0.5) is 5.69 Å². The third kappa shape index (κ3) is 2.83. The molecule has 0 saturated heterocycles. The summed E-state index contributed by atoms with van der Waals surface area (Å²) in [4.78, 5) is 18.4. The second kappa shape index (κ2) is 6.06. The van der Waals surface area contributed by atoms with Crippen LogP contribution < -0.4 is 4.90 Å². The lowest BCUT2D eigenvalue weighted by atomic mass is 10.1. The number of anilines is 1. The van der Waals surface area contributed by atoms with Crippen LogP contribution in [0.2, 0.25) is 5.15 Å². The van der Waals surface area contributed by atoms with Crippen LogP contribution in [-0.2, 0) is 0 Å². The first-order chi connectivity index (χ1) is 9.54. The Hall–Kier alpha value is -1.87. The number of hydrogen-bond donors (Lipinski definition) is 0. The fraction of sp³-hybridized carbons (Fsp3) is 0.250. The lowest BCUT2D eigenvalue weighted by Gasteiger charge is -2.23. The van der Waals surface area contributed by atoms with Crippen LogP contribution in [-0.4, -0.2) is 17.4 Å². The number of carbonyl (C=O) groups excluding carboxylic acids is 1. The standard InChI is InChI=1S/C16H17ClN2O/c1-4-19(14-10-11(2)7-8-12(14)3)16(20)13-6-5-9-18-15(13)17/h5-10H,4H2,1-3H3. The van der Waals surface area contributed by atoms with Gasteiger partial charge in [-0.1, -0.05) is 23.7 Å². The van der Waals surface area contributed by atoms with Gasteiger partial charge in [-0.05, 0) is 50.1 Å². The molecule has 2 rings (SSSR count). The SMILES string of the molecule is CCN(C(=O)c1cccnc1Cl)c1cc(C)ccc1C. The number of pyridine rings is 1. The molecule has 0 unspecified atom stereocenters. The van der Waals surface area contributed by atoms with E-state index in [0.29, 0.717) is 12.1 Å². The van der Waals surface area contributed by atoms with Gasteiger partial charge in [0.15, 0.2) is 0 Å². The first-order valence-electron chi connectivity index (χ1n) is 6.54. The third-order valence-corrected chi connectivity index (χ3v) is 3.51. The van der Waals surface area contributed by atoms with E-state index in [1.165, 1.54) is 0 Å². The van der Waals surface area contributed by atoms with Crippen LogP contribution in [0.25, 0.3) is 0 Å². The Balaban J connectivity index is 2.45. The molecule has 0 aliphatic rings. The summed E-state index contributed by atoms with van der Waals surface area (Å²) in [6, 6.07) is 9.49. The van der Waals surface area contributed by atoms with Gasteiger partial charge >= 0.3 is 0 Å². The van der Waals surface area contributed by atoms with Crippen LogP contribution in [0, 0.1) is 13.8 Å². The second-order valence-electron chi connectivity index (χ2n) is 4.68. The fourth-order valence-corrected chi connectivity index (χ4v) is 2.32. The fourth-order valence-electron chi connectivity index (χ4n) is 2.12. The van der Waals surface area contributed by atoms with Crippen molar-refractivity contribution in [2.45, 2.75) is 20.8 Å². The van der Waals surface area contributed by atoms with Crippen LogP contribution in [0.5, 0.6) is 0 Å². The van der Waals surface area contributed by atoms with Gasteiger partial charge in [-0.2, -0.15) is 0 Å². The number of nitrogens with zero attached hydrogens (tertiary/aromatic N) is 2. The zero-order chi connectivity index (χ0) is 14.7. The van der Waals surface area contributed by atoms with Gasteiger partial charge in [-0.15, -0.1) is 0 Å². The molecule has 0 spiro atoms. The van der Waals surface area contributed by atoms with Gasteiger partial charge in [0, 0.05) is 18.4 Å². The van der Waals surface area contributed by atoms with Crippen molar-refractivity contribution < 1.29 is 4.79 Å². The molecule has 20 heavy (non-hydrogen) atoms. The first kappa shape index (κ1) is 14.5.